The van der Waals surface area contributed by atoms with Gasteiger partial charge in [0.25, 0.3) is 10.0 Å². The van der Waals surface area contributed by atoms with Crippen molar-refractivity contribution in [2.24, 2.45) is 0 Å². The number of amides is 1. The molecule has 0 atom stereocenters. The third-order valence-electron chi connectivity index (χ3n) is 4.86. The number of nitrogens with zero attached hydrogens (tertiary/aromatic N) is 1. The minimum atomic E-state index is -4.03. The lowest BCUT2D eigenvalue weighted by atomic mass is 10.1. The van der Waals surface area contributed by atoms with E-state index in [1.54, 1.807) is 37.3 Å². The van der Waals surface area contributed by atoms with E-state index >= 15 is 0 Å². The number of rotatable bonds is 8. The number of carbonyl (C=O) groups excluding carboxylic acids is 2. The Balaban J connectivity index is 1.94. The molecule has 0 heterocycles. The number of hydrogen-bond acceptors (Lipinski definition) is 5. The number of ether oxygens (including phenoxy) is 1. The molecule has 0 aliphatic carbocycles. The maximum atomic E-state index is 13.5. The molecule has 0 radical (unpaired) electrons. The number of hydrogen-bond donors (Lipinski definition) is 1. The predicted molar refractivity (Wildman–Crippen MR) is 133 cm³/mol. The lowest BCUT2D eigenvalue weighted by Gasteiger charge is -2.25. The minimum absolute atomic E-state index is 0.0676. The van der Waals surface area contributed by atoms with Gasteiger partial charge in [-0.3, -0.25) is 9.10 Å². The first-order valence-corrected chi connectivity index (χ1v) is 12.4. The van der Waals surface area contributed by atoms with Crippen LogP contribution in [0.2, 0.25) is 5.02 Å². The van der Waals surface area contributed by atoms with Gasteiger partial charge in [0.1, 0.15) is 6.54 Å². The molecule has 0 fully saturated rings. The zero-order chi connectivity index (χ0) is 24.9. The zero-order valence-electron chi connectivity index (χ0n) is 19.0. The summed E-state index contributed by atoms with van der Waals surface area (Å²) in [6.45, 7) is 5.08. The average molecular weight is 501 g/mol. The summed E-state index contributed by atoms with van der Waals surface area (Å²) in [7, 11) is -4.03. The van der Waals surface area contributed by atoms with Gasteiger partial charge in [-0.1, -0.05) is 35.9 Å². The number of benzene rings is 3. The lowest BCUT2D eigenvalue weighted by Crippen LogP contribution is -2.38. The van der Waals surface area contributed by atoms with Gasteiger partial charge in [0.15, 0.2) is 0 Å². The lowest BCUT2D eigenvalue weighted by molar-refractivity contribution is -0.114. The normalized spacial score (nSPS) is 11.1. The van der Waals surface area contributed by atoms with Gasteiger partial charge in [-0.2, -0.15) is 0 Å². The highest BCUT2D eigenvalue weighted by Crippen LogP contribution is 2.26. The largest absolute Gasteiger partial charge is 0.462 e. The molecule has 3 aromatic rings. The number of halogens is 1. The Hall–Kier alpha value is -3.36. The minimum Gasteiger partial charge on any atom is -0.462 e. The van der Waals surface area contributed by atoms with Crippen LogP contribution in [0, 0.1) is 13.8 Å². The molecule has 7 nitrogen and oxygen atoms in total. The van der Waals surface area contributed by atoms with Crippen LogP contribution in [-0.2, 0) is 19.6 Å². The van der Waals surface area contributed by atoms with Crippen LogP contribution < -0.4 is 9.62 Å². The number of anilines is 2. The van der Waals surface area contributed by atoms with Gasteiger partial charge in [0.2, 0.25) is 5.91 Å². The quantitative estimate of drug-likeness (QED) is 0.441. The number of sulfonamides is 1. The molecule has 0 unspecified atom stereocenters. The highest BCUT2D eigenvalue weighted by atomic mass is 35.5. The van der Waals surface area contributed by atoms with Crippen LogP contribution >= 0.6 is 11.6 Å². The van der Waals surface area contributed by atoms with Crippen molar-refractivity contribution in [3.05, 3.63) is 88.4 Å². The Morgan fingerprint density at radius 3 is 2.24 bits per heavy atom. The third-order valence-corrected chi connectivity index (χ3v) is 6.98. The summed E-state index contributed by atoms with van der Waals surface area (Å²) in [5, 5.41) is 2.83. The Labute approximate surface area is 204 Å². The van der Waals surface area contributed by atoms with Crippen LogP contribution in [0.5, 0.6) is 0 Å². The molecule has 9 heteroatoms. The molecule has 0 aliphatic heterocycles. The van der Waals surface area contributed by atoms with Crippen molar-refractivity contribution in [1.82, 2.24) is 0 Å². The van der Waals surface area contributed by atoms with E-state index in [0.717, 1.165) is 15.4 Å². The SMILES string of the molecule is CCOC(=O)c1cc(NC(=O)CN(c2cc(C)cc(C)c2)S(=O)(=O)c2ccccc2)ccc1Cl. The van der Waals surface area contributed by atoms with Crippen molar-refractivity contribution in [3.63, 3.8) is 0 Å². The Morgan fingerprint density at radius 1 is 0.971 bits per heavy atom. The molecular formula is C25H25ClN2O5S. The van der Waals surface area contributed by atoms with E-state index in [2.05, 4.69) is 5.32 Å². The number of carbonyl (C=O) groups is 2. The molecule has 0 aliphatic rings. The smallest absolute Gasteiger partial charge is 0.339 e. The molecule has 0 bridgehead atoms. The molecule has 0 saturated carbocycles. The highest BCUT2D eigenvalue weighted by molar-refractivity contribution is 7.92. The molecule has 178 valence electrons. The number of nitrogens with one attached hydrogen (secondary N) is 1. The van der Waals surface area contributed by atoms with Gasteiger partial charge in [-0.05, 0) is 74.4 Å². The molecule has 0 spiro atoms. The van der Waals surface area contributed by atoms with Crippen molar-refractivity contribution >= 4 is 44.9 Å². The second kappa shape index (κ2) is 10.7. The summed E-state index contributed by atoms with van der Waals surface area (Å²) in [5.74, 6) is -1.21. The molecular weight excluding hydrogens is 476 g/mol. The van der Waals surface area contributed by atoms with E-state index in [9.17, 15) is 18.0 Å². The van der Waals surface area contributed by atoms with Gasteiger partial charge < -0.3 is 10.1 Å². The van der Waals surface area contributed by atoms with Crippen LogP contribution in [-0.4, -0.2) is 33.4 Å². The molecule has 3 rings (SSSR count). The topological polar surface area (TPSA) is 92.8 Å². The Morgan fingerprint density at radius 2 is 1.62 bits per heavy atom. The van der Waals surface area contributed by atoms with Crippen molar-refractivity contribution in [3.8, 4) is 0 Å². The van der Waals surface area contributed by atoms with E-state index in [-0.39, 0.29) is 27.8 Å². The van der Waals surface area contributed by atoms with Crippen LogP contribution in [0.25, 0.3) is 0 Å². The first-order chi connectivity index (χ1) is 16.1. The molecule has 3 aromatic carbocycles. The first-order valence-electron chi connectivity index (χ1n) is 10.5. The van der Waals surface area contributed by atoms with Gasteiger partial charge in [-0.25, -0.2) is 13.2 Å². The van der Waals surface area contributed by atoms with E-state index < -0.39 is 28.4 Å². The van der Waals surface area contributed by atoms with E-state index in [4.69, 9.17) is 16.3 Å². The van der Waals surface area contributed by atoms with Gasteiger partial charge in [0.05, 0.1) is 27.8 Å². The molecule has 0 saturated heterocycles. The average Bonchev–Trinajstić information content (AvgIpc) is 2.78. The van der Waals surface area contributed by atoms with E-state index in [0.29, 0.717) is 5.69 Å². The molecule has 1 amide bonds. The summed E-state index contributed by atoms with van der Waals surface area (Å²) < 4.78 is 33.0. The van der Waals surface area contributed by atoms with Crippen molar-refractivity contribution in [2.75, 3.05) is 22.8 Å². The fourth-order valence-electron chi connectivity index (χ4n) is 3.43. The maximum Gasteiger partial charge on any atom is 0.339 e. The second-order valence-corrected chi connectivity index (χ2v) is 9.90. The fourth-order valence-corrected chi connectivity index (χ4v) is 5.05. The summed E-state index contributed by atoms with van der Waals surface area (Å²) >= 11 is 6.08. The number of esters is 1. The highest BCUT2D eigenvalue weighted by Gasteiger charge is 2.27. The summed E-state index contributed by atoms with van der Waals surface area (Å²) in [6.07, 6.45) is 0. The first kappa shape index (κ1) is 25.3. The summed E-state index contributed by atoms with van der Waals surface area (Å²) in [5.41, 5.74) is 2.49. The van der Waals surface area contributed by atoms with Crippen LogP contribution in [0.1, 0.15) is 28.4 Å². The van der Waals surface area contributed by atoms with Crippen molar-refractivity contribution in [1.29, 1.82) is 0 Å². The predicted octanol–water partition coefficient (Wildman–Crippen LogP) is 4.97. The van der Waals surface area contributed by atoms with Gasteiger partial charge >= 0.3 is 5.97 Å². The van der Waals surface area contributed by atoms with Gasteiger partial charge in [0, 0.05) is 5.69 Å². The standard InChI is InChI=1S/C25H25ClN2O5S/c1-4-33-25(30)22-15-19(10-11-23(22)26)27-24(29)16-28(20-13-17(2)12-18(3)14-20)34(31,32)21-8-6-5-7-9-21/h5-15H,4,16H2,1-3H3,(H,27,29). The van der Waals surface area contributed by atoms with Crippen molar-refractivity contribution in [2.45, 2.75) is 25.7 Å². The summed E-state index contributed by atoms with van der Waals surface area (Å²) in [4.78, 5) is 25.1. The zero-order valence-corrected chi connectivity index (χ0v) is 20.6. The van der Waals surface area contributed by atoms with Crippen molar-refractivity contribution < 1.29 is 22.7 Å². The fraction of sp³-hybridized carbons (Fsp3) is 0.200. The number of aryl methyl sites for hydroxylation is 2. The van der Waals surface area contributed by atoms with E-state index in [1.165, 1.54) is 30.3 Å². The van der Waals surface area contributed by atoms with Crippen LogP contribution in [0.3, 0.4) is 0 Å². The molecule has 34 heavy (non-hydrogen) atoms. The molecule has 1 N–H and O–H groups in total. The monoisotopic (exact) mass is 500 g/mol. The molecule has 0 aromatic heterocycles. The third kappa shape index (κ3) is 5.95. The Kier molecular flexibility index (Phi) is 7.96. The van der Waals surface area contributed by atoms with E-state index in [1.807, 2.05) is 19.9 Å². The summed E-state index contributed by atoms with van der Waals surface area (Å²) in [6, 6.07) is 17.6. The van der Waals surface area contributed by atoms with Crippen LogP contribution in [0.4, 0.5) is 11.4 Å². The second-order valence-electron chi connectivity index (χ2n) is 7.63. The van der Waals surface area contributed by atoms with Gasteiger partial charge in [-0.15, -0.1) is 0 Å². The Bertz CT molecular complexity index is 1290. The van der Waals surface area contributed by atoms with Crippen LogP contribution in [0.15, 0.2) is 71.6 Å². The maximum absolute atomic E-state index is 13.5.